The standard InChI is InChI=1S/C15H20N2S/c1-17(12-7-3-2-4-8-12)11-15-16-13-9-5-6-10-14(13)18-15/h5-6,9-10,12H,2-4,7-8,11H2,1H3. The highest BCUT2D eigenvalue weighted by Crippen LogP contribution is 2.26. The molecule has 0 bridgehead atoms. The molecule has 1 aliphatic carbocycles. The zero-order chi connectivity index (χ0) is 12.4. The van der Waals surface area contributed by atoms with Crippen molar-refractivity contribution in [3.8, 4) is 0 Å². The summed E-state index contributed by atoms with van der Waals surface area (Å²) < 4.78 is 1.31. The van der Waals surface area contributed by atoms with Crippen LogP contribution in [-0.4, -0.2) is 23.0 Å². The van der Waals surface area contributed by atoms with Gasteiger partial charge < -0.3 is 0 Å². The van der Waals surface area contributed by atoms with Gasteiger partial charge in [-0.25, -0.2) is 4.98 Å². The van der Waals surface area contributed by atoms with Crippen LogP contribution in [0.2, 0.25) is 0 Å². The van der Waals surface area contributed by atoms with Crippen molar-refractivity contribution in [2.75, 3.05) is 7.05 Å². The Balaban J connectivity index is 1.71. The van der Waals surface area contributed by atoms with Gasteiger partial charge in [0.15, 0.2) is 0 Å². The quantitative estimate of drug-likeness (QED) is 0.827. The molecule has 2 aromatic rings. The van der Waals surface area contributed by atoms with Gasteiger partial charge in [-0.3, -0.25) is 4.90 Å². The molecule has 18 heavy (non-hydrogen) atoms. The van der Waals surface area contributed by atoms with Crippen molar-refractivity contribution in [3.05, 3.63) is 29.3 Å². The number of thiazole rings is 1. The minimum atomic E-state index is 0.769. The first-order valence-corrected chi connectivity index (χ1v) is 7.69. The van der Waals surface area contributed by atoms with Crippen LogP contribution in [0.1, 0.15) is 37.1 Å². The summed E-state index contributed by atoms with van der Waals surface area (Å²) in [6, 6.07) is 9.20. The van der Waals surface area contributed by atoms with Crippen molar-refractivity contribution in [1.82, 2.24) is 9.88 Å². The summed E-state index contributed by atoms with van der Waals surface area (Å²) in [6.07, 6.45) is 6.94. The minimum Gasteiger partial charge on any atom is -0.297 e. The molecule has 0 N–H and O–H groups in total. The van der Waals surface area contributed by atoms with E-state index in [0.29, 0.717) is 0 Å². The van der Waals surface area contributed by atoms with Gasteiger partial charge >= 0.3 is 0 Å². The zero-order valence-electron chi connectivity index (χ0n) is 10.9. The molecular formula is C15H20N2S. The van der Waals surface area contributed by atoms with Gasteiger partial charge in [0.1, 0.15) is 5.01 Å². The molecule has 1 aromatic carbocycles. The molecule has 3 heteroatoms. The van der Waals surface area contributed by atoms with Gasteiger partial charge in [-0.2, -0.15) is 0 Å². The molecule has 1 aromatic heterocycles. The molecule has 0 radical (unpaired) electrons. The second-order valence-electron chi connectivity index (χ2n) is 5.28. The number of nitrogens with zero attached hydrogens (tertiary/aromatic N) is 2. The van der Waals surface area contributed by atoms with Crippen LogP contribution in [-0.2, 0) is 6.54 Å². The normalized spacial score (nSPS) is 17.7. The maximum Gasteiger partial charge on any atom is 0.108 e. The molecule has 0 amide bonds. The van der Waals surface area contributed by atoms with Gasteiger partial charge in [-0.15, -0.1) is 11.3 Å². The molecule has 0 aliphatic heterocycles. The fraction of sp³-hybridized carbons (Fsp3) is 0.533. The Morgan fingerprint density at radius 2 is 2.00 bits per heavy atom. The summed E-state index contributed by atoms with van der Waals surface area (Å²) in [7, 11) is 2.25. The van der Waals surface area contributed by atoms with E-state index in [1.807, 2.05) is 11.3 Å². The molecule has 1 aliphatic rings. The van der Waals surface area contributed by atoms with Crippen LogP contribution < -0.4 is 0 Å². The fourth-order valence-electron chi connectivity index (χ4n) is 2.85. The Morgan fingerprint density at radius 1 is 1.22 bits per heavy atom. The van der Waals surface area contributed by atoms with E-state index in [9.17, 15) is 0 Å². The van der Waals surface area contributed by atoms with Crippen LogP contribution in [0.5, 0.6) is 0 Å². The van der Waals surface area contributed by atoms with Gasteiger partial charge in [0, 0.05) is 6.04 Å². The lowest BCUT2D eigenvalue weighted by Gasteiger charge is -2.30. The highest BCUT2D eigenvalue weighted by Gasteiger charge is 2.18. The predicted molar refractivity (Wildman–Crippen MR) is 78.0 cm³/mol. The zero-order valence-corrected chi connectivity index (χ0v) is 11.7. The number of aromatic nitrogens is 1. The first-order chi connectivity index (χ1) is 8.83. The highest BCUT2D eigenvalue weighted by molar-refractivity contribution is 7.18. The molecule has 0 unspecified atom stereocenters. The molecule has 2 nitrogen and oxygen atoms in total. The van der Waals surface area contributed by atoms with E-state index in [-0.39, 0.29) is 0 Å². The summed E-state index contributed by atoms with van der Waals surface area (Å²) in [5.74, 6) is 0. The molecule has 1 heterocycles. The Morgan fingerprint density at radius 3 is 2.78 bits per heavy atom. The Labute approximate surface area is 113 Å². The van der Waals surface area contributed by atoms with Crippen molar-refractivity contribution in [2.45, 2.75) is 44.7 Å². The maximum absolute atomic E-state index is 4.72. The van der Waals surface area contributed by atoms with Crippen LogP contribution >= 0.6 is 11.3 Å². The third-order valence-corrected chi connectivity index (χ3v) is 4.94. The van der Waals surface area contributed by atoms with Crippen molar-refractivity contribution < 1.29 is 0 Å². The van der Waals surface area contributed by atoms with E-state index in [0.717, 1.165) is 18.1 Å². The predicted octanol–water partition coefficient (Wildman–Crippen LogP) is 4.06. The van der Waals surface area contributed by atoms with E-state index in [1.165, 1.54) is 41.8 Å². The van der Waals surface area contributed by atoms with Crippen LogP contribution in [0.4, 0.5) is 0 Å². The lowest BCUT2D eigenvalue weighted by molar-refractivity contribution is 0.184. The van der Waals surface area contributed by atoms with E-state index in [2.05, 4.69) is 36.2 Å². The van der Waals surface area contributed by atoms with Gasteiger partial charge in [-0.1, -0.05) is 31.4 Å². The summed E-state index contributed by atoms with van der Waals surface area (Å²) in [4.78, 5) is 7.22. The smallest absolute Gasteiger partial charge is 0.108 e. The van der Waals surface area contributed by atoms with Gasteiger partial charge in [0.2, 0.25) is 0 Å². The lowest BCUT2D eigenvalue weighted by Crippen LogP contribution is -2.32. The second kappa shape index (κ2) is 5.37. The molecule has 0 saturated heterocycles. The third-order valence-electron chi connectivity index (χ3n) is 3.92. The average Bonchev–Trinajstić information content (AvgIpc) is 2.82. The molecule has 3 rings (SSSR count). The Kier molecular flexibility index (Phi) is 3.62. The van der Waals surface area contributed by atoms with Crippen LogP contribution in [0.15, 0.2) is 24.3 Å². The van der Waals surface area contributed by atoms with Gasteiger partial charge in [-0.05, 0) is 32.0 Å². The first-order valence-electron chi connectivity index (χ1n) is 6.87. The van der Waals surface area contributed by atoms with Crippen molar-refractivity contribution in [2.24, 2.45) is 0 Å². The Bertz CT molecular complexity index is 481. The number of para-hydroxylation sites is 1. The van der Waals surface area contributed by atoms with Crippen molar-refractivity contribution in [1.29, 1.82) is 0 Å². The molecular weight excluding hydrogens is 240 g/mol. The summed E-state index contributed by atoms with van der Waals surface area (Å²) >= 11 is 1.84. The fourth-order valence-corrected chi connectivity index (χ4v) is 3.88. The van der Waals surface area contributed by atoms with Crippen LogP contribution in [0, 0.1) is 0 Å². The maximum atomic E-state index is 4.72. The average molecular weight is 260 g/mol. The highest BCUT2D eigenvalue weighted by atomic mass is 32.1. The Hall–Kier alpha value is -0.930. The van der Waals surface area contributed by atoms with Crippen LogP contribution in [0.25, 0.3) is 10.2 Å². The van der Waals surface area contributed by atoms with E-state index in [4.69, 9.17) is 4.98 Å². The van der Waals surface area contributed by atoms with Crippen molar-refractivity contribution >= 4 is 21.6 Å². The molecule has 96 valence electrons. The summed E-state index contributed by atoms with van der Waals surface area (Å²) in [5, 5.41) is 1.25. The number of fused-ring (bicyclic) bond motifs is 1. The molecule has 1 saturated carbocycles. The largest absolute Gasteiger partial charge is 0.297 e. The summed E-state index contributed by atoms with van der Waals surface area (Å²) in [5.41, 5.74) is 1.15. The van der Waals surface area contributed by atoms with Crippen molar-refractivity contribution in [3.63, 3.8) is 0 Å². The summed E-state index contributed by atoms with van der Waals surface area (Å²) in [6.45, 7) is 1.00. The number of benzene rings is 1. The molecule has 0 spiro atoms. The van der Waals surface area contributed by atoms with E-state index >= 15 is 0 Å². The third kappa shape index (κ3) is 2.57. The number of hydrogen-bond donors (Lipinski definition) is 0. The van der Waals surface area contributed by atoms with Gasteiger partial charge in [0.05, 0.1) is 16.8 Å². The minimum absolute atomic E-state index is 0.769. The van der Waals surface area contributed by atoms with Crippen LogP contribution in [0.3, 0.4) is 0 Å². The lowest BCUT2D eigenvalue weighted by atomic mass is 9.94. The SMILES string of the molecule is CN(Cc1nc2ccccc2s1)C1CCCCC1. The van der Waals surface area contributed by atoms with E-state index in [1.54, 1.807) is 0 Å². The topological polar surface area (TPSA) is 16.1 Å². The second-order valence-corrected chi connectivity index (χ2v) is 6.40. The first kappa shape index (κ1) is 12.1. The molecule has 1 fully saturated rings. The molecule has 0 atom stereocenters. The van der Waals surface area contributed by atoms with E-state index < -0.39 is 0 Å². The monoisotopic (exact) mass is 260 g/mol. The number of rotatable bonds is 3. The number of hydrogen-bond acceptors (Lipinski definition) is 3. The van der Waals surface area contributed by atoms with Gasteiger partial charge in [0.25, 0.3) is 0 Å².